The summed E-state index contributed by atoms with van der Waals surface area (Å²) in [7, 11) is 1.71. The van der Waals surface area contributed by atoms with Gasteiger partial charge in [0.25, 0.3) is 0 Å². The van der Waals surface area contributed by atoms with Crippen LogP contribution in [0.5, 0.6) is 0 Å². The first-order valence-electron chi connectivity index (χ1n) is 5.78. The van der Waals surface area contributed by atoms with Gasteiger partial charge in [0.2, 0.25) is 11.8 Å². The number of carbonyl (C=O) groups is 2. The van der Waals surface area contributed by atoms with Crippen molar-refractivity contribution in [3.05, 3.63) is 28.8 Å². The van der Waals surface area contributed by atoms with Crippen LogP contribution in [0.3, 0.4) is 0 Å². The number of hydrogen-bond acceptors (Lipinski definition) is 2. The van der Waals surface area contributed by atoms with Gasteiger partial charge in [0.1, 0.15) is 0 Å². The summed E-state index contributed by atoms with van der Waals surface area (Å²) in [6.07, 6.45) is 0.287. The normalized spacial score (nSPS) is 19.2. The molecule has 1 aliphatic heterocycles. The second-order valence-corrected chi connectivity index (χ2v) is 5.04. The van der Waals surface area contributed by atoms with Gasteiger partial charge in [0.05, 0.1) is 5.92 Å². The minimum atomic E-state index is -0.265. The van der Waals surface area contributed by atoms with Gasteiger partial charge in [-0.3, -0.25) is 9.59 Å². The molecule has 2 amide bonds. The van der Waals surface area contributed by atoms with Crippen LogP contribution in [-0.4, -0.2) is 30.3 Å². The molecule has 0 bridgehead atoms. The van der Waals surface area contributed by atoms with Crippen LogP contribution in [0, 0.1) is 12.8 Å². The first kappa shape index (κ1) is 12.9. The summed E-state index contributed by atoms with van der Waals surface area (Å²) < 4.78 is 0. The number of hydrogen-bond donors (Lipinski definition) is 1. The smallest absolute Gasteiger partial charge is 0.229 e. The molecular formula is C13H15ClN2O2. The number of halogens is 1. The third-order valence-corrected chi connectivity index (χ3v) is 3.56. The van der Waals surface area contributed by atoms with E-state index in [0.29, 0.717) is 17.3 Å². The van der Waals surface area contributed by atoms with Gasteiger partial charge < -0.3 is 10.2 Å². The molecule has 1 unspecified atom stereocenters. The first-order chi connectivity index (χ1) is 8.47. The van der Waals surface area contributed by atoms with Crippen LogP contribution >= 0.6 is 11.6 Å². The highest BCUT2D eigenvalue weighted by molar-refractivity contribution is 6.31. The number of nitrogens with zero attached hydrogens (tertiary/aromatic N) is 1. The maximum Gasteiger partial charge on any atom is 0.229 e. The van der Waals surface area contributed by atoms with Gasteiger partial charge in [-0.25, -0.2) is 0 Å². The molecule has 1 aromatic carbocycles. The highest BCUT2D eigenvalue weighted by Gasteiger charge is 2.32. The van der Waals surface area contributed by atoms with E-state index in [0.717, 1.165) is 5.56 Å². The quantitative estimate of drug-likeness (QED) is 0.891. The SMILES string of the molecule is Cc1cc(NC(=O)C2CC(=O)N(C)C2)ccc1Cl. The Bertz CT molecular complexity index is 502. The summed E-state index contributed by atoms with van der Waals surface area (Å²) in [6, 6.07) is 5.33. The summed E-state index contributed by atoms with van der Waals surface area (Å²) in [5, 5.41) is 3.49. The van der Waals surface area contributed by atoms with Crippen molar-refractivity contribution in [2.24, 2.45) is 5.92 Å². The van der Waals surface area contributed by atoms with Crippen molar-refractivity contribution in [3.63, 3.8) is 0 Å². The zero-order valence-electron chi connectivity index (χ0n) is 10.4. The van der Waals surface area contributed by atoms with Crippen LogP contribution in [0.1, 0.15) is 12.0 Å². The number of nitrogens with one attached hydrogen (secondary N) is 1. The lowest BCUT2D eigenvalue weighted by atomic mass is 10.1. The Labute approximate surface area is 111 Å². The van der Waals surface area contributed by atoms with Gasteiger partial charge in [-0.15, -0.1) is 0 Å². The van der Waals surface area contributed by atoms with E-state index in [1.165, 1.54) is 0 Å². The number of likely N-dealkylation sites (tertiary alicyclic amines) is 1. The Morgan fingerprint density at radius 2 is 2.22 bits per heavy atom. The zero-order valence-corrected chi connectivity index (χ0v) is 11.1. The standard InChI is InChI=1S/C13H15ClN2O2/c1-8-5-10(3-4-11(8)14)15-13(18)9-6-12(17)16(2)7-9/h3-5,9H,6-7H2,1-2H3,(H,15,18). The van der Waals surface area contributed by atoms with Crippen LogP contribution in [0.2, 0.25) is 5.02 Å². The van der Waals surface area contributed by atoms with Crippen LogP contribution in [0.4, 0.5) is 5.69 Å². The Hall–Kier alpha value is -1.55. The lowest BCUT2D eigenvalue weighted by Crippen LogP contribution is -2.25. The van der Waals surface area contributed by atoms with E-state index in [-0.39, 0.29) is 24.2 Å². The summed E-state index contributed by atoms with van der Waals surface area (Å²) in [5.74, 6) is -0.365. The van der Waals surface area contributed by atoms with E-state index in [1.807, 2.05) is 13.0 Å². The molecule has 1 N–H and O–H groups in total. The van der Waals surface area contributed by atoms with Crippen molar-refractivity contribution in [2.45, 2.75) is 13.3 Å². The number of benzene rings is 1. The average molecular weight is 267 g/mol. The number of rotatable bonds is 2. The minimum Gasteiger partial charge on any atom is -0.345 e. The molecule has 1 aromatic rings. The molecule has 2 rings (SSSR count). The molecule has 5 heteroatoms. The lowest BCUT2D eigenvalue weighted by molar-refractivity contribution is -0.127. The molecule has 1 aliphatic rings. The predicted octanol–water partition coefficient (Wildman–Crippen LogP) is 2.07. The molecule has 4 nitrogen and oxygen atoms in total. The predicted molar refractivity (Wildman–Crippen MR) is 70.6 cm³/mol. The van der Waals surface area contributed by atoms with E-state index in [9.17, 15) is 9.59 Å². The van der Waals surface area contributed by atoms with Crippen molar-refractivity contribution in [3.8, 4) is 0 Å². The van der Waals surface area contributed by atoms with Crippen LogP contribution in [0.15, 0.2) is 18.2 Å². The van der Waals surface area contributed by atoms with Gasteiger partial charge in [-0.05, 0) is 30.7 Å². The molecule has 1 saturated heterocycles. The van der Waals surface area contributed by atoms with Crippen molar-refractivity contribution < 1.29 is 9.59 Å². The molecular weight excluding hydrogens is 252 g/mol. The number of carbonyl (C=O) groups excluding carboxylic acids is 2. The Balaban J connectivity index is 2.03. The van der Waals surface area contributed by atoms with E-state index >= 15 is 0 Å². The van der Waals surface area contributed by atoms with Crippen molar-refractivity contribution in [1.29, 1.82) is 0 Å². The molecule has 1 heterocycles. The zero-order chi connectivity index (χ0) is 13.3. The highest BCUT2D eigenvalue weighted by Crippen LogP contribution is 2.22. The molecule has 96 valence electrons. The highest BCUT2D eigenvalue weighted by atomic mass is 35.5. The summed E-state index contributed by atoms with van der Waals surface area (Å²) in [6.45, 7) is 2.36. The van der Waals surface area contributed by atoms with Gasteiger partial charge in [-0.2, -0.15) is 0 Å². The van der Waals surface area contributed by atoms with Crippen molar-refractivity contribution >= 4 is 29.1 Å². The molecule has 0 radical (unpaired) electrons. The lowest BCUT2D eigenvalue weighted by Gasteiger charge is -2.11. The largest absolute Gasteiger partial charge is 0.345 e. The van der Waals surface area contributed by atoms with Gasteiger partial charge >= 0.3 is 0 Å². The average Bonchev–Trinajstić information content (AvgIpc) is 2.65. The van der Waals surface area contributed by atoms with Crippen molar-refractivity contribution in [1.82, 2.24) is 4.90 Å². The van der Waals surface area contributed by atoms with E-state index in [1.54, 1.807) is 24.1 Å². The Morgan fingerprint density at radius 3 is 2.78 bits per heavy atom. The molecule has 1 fully saturated rings. The Morgan fingerprint density at radius 1 is 1.50 bits per heavy atom. The van der Waals surface area contributed by atoms with Gasteiger partial charge in [-0.1, -0.05) is 11.6 Å². The third-order valence-electron chi connectivity index (χ3n) is 3.14. The monoisotopic (exact) mass is 266 g/mol. The molecule has 0 aromatic heterocycles. The minimum absolute atomic E-state index is 0.0161. The fraction of sp³-hybridized carbons (Fsp3) is 0.385. The van der Waals surface area contributed by atoms with E-state index in [4.69, 9.17) is 11.6 Å². The van der Waals surface area contributed by atoms with Crippen LogP contribution < -0.4 is 5.32 Å². The summed E-state index contributed by atoms with van der Waals surface area (Å²) in [5.41, 5.74) is 1.62. The molecule has 0 saturated carbocycles. The second-order valence-electron chi connectivity index (χ2n) is 4.63. The summed E-state index contributed by atoms with van der Waals surface area (Å²) >= 11 is 5.92. The maximum absolute atomic E-state index is 12.0. The maximum atomic E-state index is 12.0. The fourth-order valence-corrected chi connectivity index (χ4v) is 2.12. The summed E-state index contributed by atoms with van der Waals surface area (Å²) in [4.78, 5) is 24.9. The van der Waals surface area contributed by atoms with Crippen LogP contribution in [-0.2, 0) is 9.59 Å². The second kappa shape index (κ2) is 4.98. The number of anilines is 1. The third kappa shape index (κ3) is 2.64. The van der Waals surface area contributed by atoms with E-state index < -0.39 is 0 Å². The number of amides is 2. The first-order valence-corrected chi connectivity index (χ1v) is 6.16. The fourth-order valence-electron chi connectivity index (χ4n) is 2.01. The molecule has 18 heavy (non-hydrogen) atoms. The number of aryl methyl sites for hydroxylation is 1. The van der Waals surface area contributed by atoms with Crippen LogP contribution in [0.25, 0.3) is 0 Å². The van der Waals surface area contributed by atoms with E-state index in [2.05, 4.69) is 5.32 Å². The van der Waals surface area contributed by atoms with Crippen molar-refractivity contribution in [2.75, 3.05) is 18.9 Å². The topological polar surface area (TPSA) is 49.4 Å². The molecule has 0 aliphatic carbocycles. The molecule has 1 atom stereocenters. The Kier molecular flexibility index (Phi) is 3.57. The van der Waals surface area contributed by atoms with Gasteiger partial charge in [0, 0.05) is 30.7 Å². The van der Waals surface area contributed by atoms with Gasteiger partial charge in [0.15, 0.2) is 0 Å². The molecule has 0 spiro atoms.